The first-order valence-corrected chi connectivity index (χ1v) is 9.32. The zero-order valence-corrected chi connectivity index (χ0v) is 16.4. The lowest BCUT2D eigenvalue weighted by Crippen LogP contribution is -2.48. The summed E-state index contributed by atoms with van der Waals surface area (Å²) in [5.41, 5.74) is 1.11. The number of rotatable bonds is 5. The molecule has 1 saturated heterocycles. The zero-order chi connectivity index (χ0) is 20.3. The molecular formula is C19H21ClN4O4. The average molecular weight is 405 g/mol. The van der Waals surface area contributed by atoms with Gasteiger partial charge in [0.15, 0.2) is 0 Å². The topological polar surface area (TPSA) is 105 Å². The van der Waals surface area contributed by atoms with E-state index >= 15 is 0 Å². The van der Waals surface area contributed by atoms with Gasteiger partial charge in [0.1, 0.15) is 23.1 Å². The molecule has 28 heavy (non-hydrogen) atoms. The van der Waals surface area contributed by atoms with Crippen LogP contribution in [0.25, 0.3) is 11.3 Å². The molecule has 0 saturated carbocycles. The van der Waals surface area contributed by atoms with Crippen molar-refractivity contribution in [2.24, 2.45) is 0 Å². The number of carbonyl (C=O) groups is 3. The van der Waals surface area contributed by atoms with Crippen LogP contribution in [0.2, 0.25) is 5.02 Å². The van der Waals surface area contributed by atoms with Gasteiger partial charge in [0.25, 0.3) is 5.91 Å². The lowest BCUT2D eigenvalue weighted by molar-refractivity contribution is -0.137. The fourth-order valence-corrected chi connectivity index (χ4v) is 3.55. The molecule has 2 aromatic rings. The predicted molar refractivity (Wildman–Crippen MR) is 103 cm³/mol. The molecule has 1 fully saturated rings. The second-order valence-electron chi connectivity index (χ2n) is 6.48. The predicted octanol–water partition coefficient (Wildman–Crippen LogP) is 1.77. The van der Waals surface area contributed by atoms with E-state index in [-0.39, 0.29) is 23.9 Å². The molecule has 3 rings (SSSR count). The minimum absolute atomic E-state index is 0.201. The molecule has 8 nitrogen and oxygen atoms in total. The van der Waals surface area contributed by atoms with Crippen LogP contribution in [0.1, 0.15) is 29.0 Å². The van der Waals surface area contributed by atoms with E-state index in [4.69, 9.17) is 16.1 Å². The molecule has 0 bridgehead atoms. The first-order valence-electron chi connectivity index (χ1n) is 8.94. The number of nitrogens with one attached hydrogen (secondary N) is 2. The molecule has 1 unspecified atom stereocenters. The molecule has 1 aliphatic rings. The van der Waals surface area contributed by atoms with Crippen molar-refractivity contribution in [1.29, 1.82) is 0 Å². The third-order valence-electron chi connectivity index (χ3n) is 4.74. The van der Waals surface area contributed by atoms with E-state index in [9.17, 15) is 14.4 Å². The van der Waals surface area contributed by atoms with Gasteiger partial charge in [-0.15, -0.1) is 0 Å². The molecular weight excluding hydrogens is 384 g/mol. The molecule has 1 aromatic carbocycles. The van der Waals surface area contributed by atoms with Crippen molar-refractivity contribution in [3.8, 4) is 11.3 Å². The molecule has 148 valence electrons. The summed E-state index contributed by atoms with van der Waals surface area (Å²) < 4.78 is 5.18. The van der Waals surface area contributed by atoms with Crippen LogP contribution < -0.4 is 10.6 Å². The monoisotopic (exact) mass is 404 g/mol. The molecule has 1 aromatic heterocycles. The number of aromatic nitrogens is 1. The maximum absolute atomic E-state index is 12.7. The van der Waals surface area contributed by atoms with Gasteiger partial charge in [0.05, 0.1) is 11.6 Å². The second kappa shape index (κ2) is 8.43. The van der Waals surface area contributed by atoms with E-state index in [0.29, 0.717) is 35.0 Å². The Hall–Kier alpha value is -2.87. The number of halogens is 1. The number of hydrogen-bond donors (Lipinski definition) is 2. The molecule has 2 heterocycles. The van der Waals surface area contributed by atoms with E-state index in [1.165, 1.54) is 11.9 Å². The Morgan fingerprint density at radius 3 is 2.79 bits per heavy atom. The molecule has 3 amide bonds. The Morgan fingerprint density at radius 1 is 1.32 bits per heavy atom. The Labute approximate surface area is 167 Å². The summed E-state index contributed by atoms with van der Waals surface area (Å²) in [6.07, 6.45) is 1.36. The highest BCUT2D eigenvalue weighted by Gasteiger charge is 2.33. The zero-order valence-electron chi connectivity index (χ0n) is 15.6. The van der Waals surface area contributed by atoms with Gasteiger partial charge in [-0.2, -0.15) is 0 Å². The highest BCUT2D eigenvalue weighted by atomic mass is 35.5. The van der Waals surface area contributed by atoms with Crippen molar-refractivity contribution in [3.63, 3.8) is 0 Å². The molecule has 0 aliphatic carbocycles. The maximum atomic E-state index is 12.7. The van der Waals surface area contributed by atoms with Gasteiger partial charge in [0, 0.05) is 19.2 Å². The van der Waals surface area contributed by atoms with Crippen LogP contribution in [0.3, 0.4) is 0 Å². The number of likely N-dealkylation sites (tertiary alicyclic amines) is 1. The van der Waals surface area contributed by atoms with Crippen LogP contribution in [0.4, 0.5) is 0 Å². The summed E-state index contributed by atoms with van der Waals surface area (Å²) in [5, 5.41) is 9.56. The van der Waals surface area contributed by atoms with Crippen molar-refractivity contribution in [3.05, 3.63) is 40.6 Å². The van der Waals surface area contributed by atoms with Crippen molar-refractivity contribution in [2.75, 3.05) is 20.1 Å². The van der Waals surface area contributed by atoms with Crippen LogP contribution in [-0.2, 0) is 9.59 Å². The van der Waals surface area contributed by atoms with Crippen LogP contribution in [0, 0.1) is 6.92 Å². The molecule has 2 N–H and O–H groups in total. The number of amides is 3. The SMILES string of the molecule is CNC(=O)C1CCCN1C(=O)CNC(=O)c1c(-c2ccccc2Cl)noc1C. The molecule has 0 spiro atoms. The Morgan fingerprint density at radius 2 is 2.07 bits per heavy atom. The molecule has 1 aliphatic heterocycles. The van der Waals surface area contributed by atoms with Crippen LogP contribution in [-0.4, -0.2) is 54.0 Å². The summed E-state index contributed by atoms with van der Waals surface area (Å²) in [6.45, 7) is 1.88. The van der Waals surface area contributed by atoms with E-state index in [1.807, 2.05) is 0 Å². The van der Waals surface area contributed by atoms with Crippen LogP contribution in [0.15, 0.2) is 28.8 Å². The van der Waals surface area contributed by atoms with Gasteiger partial charge < -0.3 is 20.1 Å². The lowest BCUT2D eigenvalue weighted by Gasteiger charge is -2.23. The minimum atomic E-state index is -0.495. The Balaban J connectivity index is 1.73. The van der Waals surface area contributed by atoms with E-state index in [0.717, 1.165) is 6.42 Å². The average Bonchev–Trinajstić information content (AvgIpc) is 3.32. The van der Waals surface area contributed by atoms with E-state index in [1.54, 1.807) is 31.2 Å². The number of hydrogen-bond acceptors (Lipinski definition) is 5. The van der Waals surface area contributed by atoms with Gasteiger partial charge in [-0.1, -0.05) is 35.0 Å². The van der Waals surface area contributed by atoms with Crippen molar-refractivity contribution in [1.82, 2.24) is 20.7 Å². The Kier molecular flexibility index (Phi) is 5.99. The molecule has 1 atom stereocenters. The highest BCUT2D eigenvalue weighted by molar-refractivity contribution is 6.33. The first-order chi connectivity index (χ1) is 13.4. The van der Waals surface area contributed by atoms with Gasteiger partial charge in [0.2, 0.25) is 11.8 Å². The summed E-state index contributed by atoms with van der Waals surface area (Å²) in [5.74, 6) is -0.678. The van der Waals surface area contributed by atoms with E-state index < -0.39 is 11.9 Å². The van der Waals surface area contributed by atoms with Gasteiger partial charge in [-0.25, -0.2) is 0 Å². The lowest BCUT2D eigenvalue weighted by atomic mass is 10.1. The fraction of sp³-hybridized carbons (Fsp3) is 0.368. The van der Waals surface area contributed by atoms with Gasteiger partial charge in [-0.05, 0) is 25.8 Å². The fourth-order valence-electron chi connectivity index (χ4n) is 3.33. The number of aryl methyl sites for hydroxylation is 1. The molecule has 0 radical (unpaired) electrons. The first kappa shape index (κ1) is 19.9. The third kappa shape index (κ3) is 3.87. The quantitative estimate of drug-likeness (QED) is 0.790. The van der Waals surface area contributed by atoms with Crippen molar-refractivity contribution in [2.45, 2.75) is 25.8 Å². The van der Waals surface area contributed by atoms with E-state index in [2.05, 4.69) is 15.8 Å². The molecule has 9 heteroatoms. The standard InChI is InChI=1S/C19H21ClN4O4/c1-11-16(17(23-28-11)12-6-3-4-7-13(12)20)19(27)22-10-15(25)24-9-5-8-14(24)18(26)21-2/h3-4,6-7,14H,5,8-10H2,1-2H3,(H,21,26)(H,22,27). The summed E-state index contributed by atoms with van der Waals surface area (Å²) in [7, 11) is 1.54. The summed E-state index contributed by atoms with van der Waals surface area (Å²) in [4.78, 5) is 38.6. The Bertz CT molecular complexity index is 911. The van der Waals surface area contributed by atoms with Gasteiger partial charge >= 0.3 is 0 Å². The minimum Gasteiger partial charge on any atom is -0.360 e. The largest absolute Gasteiger partial charge is 0.360 e. The highest BCUT2D eigenvalue weighted by Crippen LogP contribution is 2.30. The number of likely N-dealkylation sites (N-methyl/N-ethyl adjacent to an activating group) is 1. The normalized spacial score (nSPS) is 16.1. The van der Waals surface area contributed by atoms with Crippen LogP contribution >= 0.6 is 11.6 Å². The van der Waals surface area contributed by atoms with Crippen molar-refractivity contribution >= 4 is 29.3 Å². The number of carbonyl (C=O) groups excluding carboxylic acids is 3. The smallest absolute Gasteiger partial charge is 0.257 e. The van der Waals surface area contributed by atoms with Gasteiger partial charge in [-0.3, -0.25) is 14.4 Å². The number of benzene rings is 1. The second-order valence-corrected chi connectivity index (χ2v) is 6.89. The summed E-state index contributed by atoms with van der Waals surface area (Å²) in [6, 6.07) is 6.49. The number of nitrogens with zero attached hydrogens (tertiary/aromatic N) is 2. The summed E-state index contributed by atoms with van der Waals surface area (Å²) >= 11 is 6.21. The van der Waals surface area contributed by atoms with Crippen molar-refractivity contribution < 1.29 is 18.9 Å². The maximum Gasteiger partial charge on any atom is 0.257 e. The van der Waals surface area contributed by atoms with Crippen LogP contribution in [0.5, 0.6) is 0 Å². The third-order valence-corrected chi connectivity index (χ3v) is 5.07.